The molecule has 0 fully saturated rings. The summed E-state index contributed by atoms with van der Waals surface area (Å²) in [6.07, 6.45) is 2.94. The van der Waals surface area contributed by atoms with Gasteiger partial charge < -0.3 is 5.32 Å². The Morgan fingerprint density at radius 3 is 2.79 bits per heavy atom. The molecule has 0 bridgehead atoms. The van der Waals surface area contributed by atoms with Crippen LogP contribution in [0.4, 0.5) is 4.39 Å². The molecule has 0 radical (unpaired) electrons. The predicted octanol–water partition coefficient (Wildman–Crippen LogP) is 3.13. The Morgan fingerprint density at radius 1 is 1.36 bits per heavy atom. The number of hydrogen-bond donors (Lipinski definition) is 1. The van der Waals surface area contributed by atoms with E-state index < -0.39 is 0 Å². The molecule has 78 valence electrons. The number of rotatable bonds is 5. The molecule has 3 heteroatoms. The fourth-order valence-electron chi connectivity index (χ4n) is 1.34. The average molecular weight is 260 g/mol. The van der Waals surface area contributed by atoms with Gasteiger partial charge in [0, 0.05) is 4.47 Å². The van der Waals surface area contributed by atoms with Gasteiger partial charge in [0.1, 0.15) is 5.82 Å². The zero-order valence-corrected chi connectivity index (χ0v) is 9.90. The van der Waals surface area contributed by atoms with Crippen molar-refractivity contribution in [3.63, 3.8) is 0 Å². The first-order valence-corrected chi connectivity index (χ1v) is 5.62. The molecular weight excluding hydrogens is 245 g/mol. The lowest BCUT2D eigenvalue weighted by atomic mass is 10.1. The lowest BCUT2D eigenvalue weighted by molar-refractivity contribution is 0.595. The maximum absolute atomic E-state index is 13.3. The van der Waals surface area contributed by atoms with Gasteiger partial charge in [0.15, 0.2) is 0 Å². The summed E-state index contributed by atoms with van der Waals surface area (Å²) in [7, 11) is 1.93. The molecule has 0 aliphatic carbocycles. The summed E-state index contributed by atoms with van der Waals surface area (Å²) < 4.78 is 14.1. The Kier molecular flexibility index (Phi) is 5.12. The highest BCUT2D eigenvalue weighted by Crippen LogP contribution is 2.16. The van der Waals surface area contributed by atoms with E-state index in [1.807, 2.05) is 19.2 Å². The van der Waals surface area contributed by atoms with Crippen molar-refractivity contribution in [2.45, 2.75) is 19.3 Å². The Hall–Kier alpha value is -0.410. The van der Waals surface area contributed by atoms with Crippen LogP contribution in [0.15, 0.2) is 22.7 Å². The smallest absolute Gasteiger partial charge is 0.127 e. The van der Waals surface area contributed by atoms with Gasteiger partial charge in [0.25, 0.3) is 0 Å². The molecule has 1 aromatic carbocycles. The monoisotopic (exact) mass is 259 g/mol. The molecule has 1 aromatic rings. The average Bonchev–Trinajstić information content (AvgIpc) is 2.15. The minimum absolute atomic E-state index is 0.108. The maximum Gasteiger partial charge on any atom is 0.127 e. The van der Waals surface area contributed by atoms with Crippen molar-refractivity contribution in [3.05, 3.63) is 34.1 Å². The van der Waals surface area contributed by atoms with Crippen LogP contribution in [0, 0.1) is 5.82 Å². The van der Waals surface area contributed by atoms with Crippen LogP contribution in [-0.4, -0.2) is 13.6 Å². The van der Waals surface area contributed by atoms with Crippen LogP contribution in [0.5, 0.6) is 0 Å². The highest BCUT2D eigenvalue weighted by atomic mass is 79.9. The Morgan fingerprint density at radius 2 is 2.14 bits per heavy atom. The van der Waals surface area contributed by atoms with Crippen LogP contribution in [0.3, 0.4) is 0 Å². The second kappa shape index (κ2) is 6.14. The van der Waals surface area contributed by atoms with Crippen LogP contribution >= 0.6 is 15.9 Å². The fourth-order valence-corrected chi connectivity index (χ4v) is 1.67. The summed E-state index contributed by atoms with van der Waals surface area (Å²) in [6.45, 7) is 0.998. The van der Waals surface area contributed by atoms with Crippen molar-refractivity contribution in [1.82, 2.24) is 5.32 Å². The van der Waals surface area contributed by atoms with E-state index in [1.165, 1.54) is 6.07 Å². The first kappa shape index (κ1) is 11.7. The van der Waals surface area contributed by atoms with Crippen molar-refractivity contribution in [2.24, 2.45) is 0 Å². The van der Waals surface area contributed by atoms with Crippen molar-refractivity contribution < 1.29 is 4.39 Å². The number of benzene rings is 1. The van der Waals surface area contributed by atoms with Crippen molar-refractivity contribution in [3.8, 4) is 0 Å². The van der Waals surface area contributed by atoms with Crippen LogP contribution in [0.2, 0.25) is 0 Å². The summed E-state index contributed by atoms with van der Waals surface area (Å²) >= 11 is 3.24. The van der Waals surface area contributed by atoms with Crippen molar-refractivity contribution >= 4 is 15.9 Å². The number of nitrogens with one attached hydrogen (secondary N) is 1. The van der Waals surface area contributed by atoms with E-state index in [0.717, 1.165) is 35.8 Å². The molecule has 1 nitrogen and oxygen atoms in total. The summed E-state index contributed by atoms with van der Waals surface area (Å²) in [5.41, 5.74) is 0.810. The summed E-state index contributed by atoms with van der Waals surface area (Å²) in [4.78, 5) is 0. The highest BCUT2D eigenvalue weighted by Gasteiger charge is 2.01. The van der Waals surface area contributed by atoms with E-state index >= 15 is 0 Å². The molecule has 0 spiro atoms. The molecule has 0 saturated carbocycles. The molecule has 0 amide bonds. The molecule has 0 unspecified atom stereocenters. The number of aryl methyl sites for hydroxylation is 1. The van der Waals surface area contributed by atoms with Gasteiger partial charge in [0.05, 0.1) is 0 Å². The zero-order valence-electron chi connectivity index (χ0n) is 8.32. The van der Waals surface area contributed by atoms with Gasteiger partial charge in [0.2, 0.25) is 0 Å². The number of hydrogen-bond acceptors (Lipinski definition) is 1. The normalized spacial score (nSPS) is 10.5. The predicted molar refractivity (Wildman–Crippen MR) is 61.0 cm³/mol. The minimum atomic E-state index is -0.108. The van der Waals surface area contributed by atoms with Gasteiger partial charge in [-0.3, -0.25) is 0 Å². The third kappa shape index (κ3) is 3.76. The van der Waals surface area contributed by atoms with E-state index in [4.69, 9.17) is 0 Å². The Balaban J connectivity index is 2.42. The number of halogens is 2. The van der Waals surface area contributed by atoms with Gasteiger partial charge in [-0.1, -0.05) is 22.0 Å². The summed E-state index contributed by atoms with van der Waals surface area (Å²) in [5.74, 6) is -0.108. The second-order valence-corrected chi connectivity index (χ2v) is 4.21. The van der Waals surface area contributed by atoms with Gasteiger partial charge >= 0.3 is 0 Å². The molecule has 0 aromatic heterocycles. The van der Waals surface area contributed by atoms with E-state index in [-0.39, 0.29) is 5.82 Å². The molecular formula is C11H15BrFN. The van der Waals surface area contributed by atoms with Gasteiger partial charge in [-0.25, -0.2) is 4.39 Å². The molecule has 0 aliphatic rings. The highest BCUT2D eigenvalue weighted by molar-refractivity contribution is 9.10. The van der Waals surface area contributed by atoms with E-state index in [9.17, 15) is 4.39 Å². The minimum Gasteiger partial charge on any atom is -0.320 e. The quantitative estimate of drug-likeness (QED) is 0.802. The van der Waals surface area contributed by atoms with Crippen LogP contribution in [0.1, 0.15) is 18.4 Å². The third-order valence-electron chi connectivity index (χ3n) is 2.14. The second-order valence-electron chi connectivity index (χ2n) is 3.30. The van der Waals surface area contributed by atoms with Crippen LogP contribution in [-0.2, 0) is 6.42 Å². The van der Waals surface area contributed by atoms with E-state index in [2.05, 4.69) is 21.2 Å². The maximum atomic E-state index is 13.3. The largest absolute Gasteiger partial charge is 0.320 e. The molecule has 1 N–H and O–H groups in total. The Labute approximate surface area is 92.8 Å². The third-order valence-corrected chi connectivity index (χ3v) is 2.63. The molecule has 1 rings (SSSR count). The van der Waals surface area contributed by atoms with Crippen LogP contribution < -0.4 is 5.32 Å². The Bertz CT molecular complexity index is 289. The van der Waals surface area contributed by atoms with Gasteiger partial charge in [-0.15, -0.1) is 0 Å². The van der Waals surface area contributed by atoms with E-state index in [1.54, 1.807) is 0 Å². The lowest BCUT2D eigenvalue weighted by Gasteiger charge is -2.03. The molecule has 0 saturated heterocycles. The molecule has 0 heterocycles. The van der Waals surface area contributed by atoms with Crippen molar-refractivity contribution in [2.75, 3.05) is 13.6 Å². The SMILES string of the molecule is CNCCCCc1ccc(Br)cc1F. The molecule has 0 atom stereocenters. The standard InChI is InChI=1S/C11H15BrFN/c1-14-7-3-2-4-9-5-6-10(12)8-11(9)13/h5-6,8,14H,2-4,7H2,1H3. The molecule has 0 aliphatic heterocycles. The van der Waals surface area contributed by atoms with Gasteiger partial charge in [-0.2, -0.15) is 0 Å². The van der Waals surface area contributed by atoms with Gasteiger partial charge in [-0.05, 0) is 50.6 Å². The zero-order chi connectivity index (χ0) is 10.4. The summed E-state index contributed by atoms with van der Waals surface area (Å²) in [6, 6.07) is 5.25. The summed E-state index contributed by atoms with van der Waals surface area (Å²) in [5, 5.41) is 3.08. The lowest BCUT2D eigenvalue weighted by Crippen LogP contribution is -2.07. The van der Waals surface area contributed by atoms with Crippen molar-refractivity contribution in [1.29, 1.82) is 0 Å². The first-order valence-electron chi connectivity index (χ1n) is 4.82. The molecule has 14 heavy (non-hydrogen) atoms. The topological polar surface area (TPSA) is 12.0 Å². The van der Waals surface area contributed by atoms with E-state index in [0.29, 0.717) is 0 Å². The number of unbranched alkanes of at least 4 members (excludes halogenated alkanes) is 1. The van der Waals surface area contributed by atoms with Crippen LogP contribution in [0.25, 0.3) is 0 Å². The fraction of sp³-hybridized carbons (Fsp3) is 0.455. The first-order chi connectivity index (χ1) is 6.74.